The number of aryl methyl sites for hydroxylation is 1. The molecule has 0 aliphatic rings. The standard InChI is InChI=1S/C14H13N4/c1-17-15-14(12-8-4-2-5-9-12)16-18(17)13-10-6-3-7-11-13/h2-11H,1H3/q+1. The van der Waals surface area contributed by atoms with Crippen LogP contribution in [-0.2, 0) is 7.05 Å². The summed E-state index contributed by atoms with van der Waals surface area (Å²) < 4.78 is 0. The number of tetrazole rings is 1. The van der Waals surface area contributed by atoms with E-state index < -0.39 is 0 Å². The molecule has 0 spiro atoms. The van der Waals surface area contributed by atoms with Crippen LogP contribution in [0.1, 0.15) is 0 Å². The van der Waals surface area contributed by atoms with E-state index in [0.717, 1.165) is 17.1 Å². The number of nitrogens with zero attached hydrogens (tertiary/aromatic N) is 4. The number of aromatic nitrogens is 4. The van der Waals surface area contributed by atoms with E-state index in [2.05, 4.69) is 10.2 Å². The molecule has 18 heavy (non-hydrogen) atoms. The number of rotatable bonds is 2. The highest BCUT2D eigenvalue weighted by atomic mass is 15.7. The highest BCUT2D eigenvalue weighted by Gasteiger charge is 2.18. The smallest absolute Gasteiger partial charge is 0.0622 e. The van der Waals surface area contributed by atoms with Crippen LogP contribution in [0.3, 0.4) is 0 Å². The lowest BCUT2D eigenvalue weighted by atomic mass is 10.2. The Labute approximate surface area is 105 Å². The van der Waals surface area contributed by atoms with Gasteiger partial charge >= 0.3 is 5.82 Å². The van der Waals surface area contributed by atoms with E-state index in [0.29, 0.717) is 0 Å². The van der Waals surface area contributed by atoms with Crippen molar-refractivity contribution >= 4 is 0 Å². The molecule has 1 aromatic heterocycles. The van der Waals surface area contributed by atoms with Crippen molar-refractivity contribution in [2.75, 3.05) is 0 Å². The van der Waals surface area contributed by atoms with E-state index in [1.807, 2.05) is 67.7 Å². The molecule has 4 nitrogen and oxygen atoms in total. The SMILES string of the molecule is C[n+]1nc(-c2ccccc2)nn1-c1ccccc1. The van der Waals surface area contributed by atoms with Crippen LogP contribution in [-0.4, -0.2) is 15.0 Å². The first-order chi connectivity index (χ1) is 8.84. The summed E-state index contributed by atoms with van der Waals surface area (Å²) in [5.41, 5.74) is 2.01. The van der Waals surface area contributed by atoms with Crippen molar-refractivity contribution in [1.82, 2.24) is 15.0 Å². The molecule has 1 heterocycles. The molecule has 4 heteroatoms. The lowest BCUT2D eigenvalue weighted by Gasteiger charge is -1.93. The van der Waals surface area contributed by atoms with Gasteiger partial charge in [0.2, 0.25) is 0 Å². The maximum absolute atomic E-state index is 4.52. The summed E-state index contributed by atoms with van der Waals surface area (Å²) in [6, 6.07) is 19.9. The normalized spacial score (nSPS) is 10.5. The Bertz CT molecular complexity index is 644. The first-order valence-electron chi connectivity index (χ1n) is 5.79. The molecule has 0 unspecified atom stereocenters. The molecule has 0 bridgehead atoms. The number of hydrogen-bond donors (Lipinski definition) is 0. The Balaban J connectivity index is 2.07. The van der Waals surface area contributed by atoms with Gasteiger partial charge in [0.05, 0.1) is 10.7 Å². The number of para-hydroxylation sites is 1. The van der Waals surface area contributed by atoms with Crippen LogP contribution in [0.5, 0.6) is 0 Å². The molecule has 0 aliphatic carbocycles. The van der Waals surface area contributed by atoms with Crippen molar-refractivity contribution in [2.24, 2.45) is 7.05 Å². The van der Waals surface area contributed by atoms with Crippen LogP contribution >= 0.6 is 0 Å². The average molecular weight is 237 g/mol. The summed E-state index contributed by atoms with van der Waals surface area (Å²) in [4.78, 5) is 3.51. The summed E-state index contributed by atoms with van der Waals surface area (Å²) in [6.45, 7) is 0. The minimum atomic E-state index is 0.724. The third-order valence-corrected chi connectivity index (χ3v) is 2.72. The van der Waals surface area contributed by atoms with Crippen LogP contribution in [0.25, 0.3) is 17.1 Å². The molecule has 0 atom stereocenters. The van der Waals surface area contributed by atoms with Crippen molar-refractivity contribution in [3.63, 3.8) is 0 Å². The molecule has 0 saturated heterocycles. The molecular weight excluding hydrogens is 224 g/mol. The minimum absolute atomic E-state index is 0.724. The van der Waals surface area contributed by atoms with E-state index in [1.54, 1.807) is 9.59 Å². The van der Waals surface area contributed by atoms with Crippen molar-refractivity contribution in [3.05, 3.63) is 60.7 Å². The Hall–Kier alpha value is -2.49. The van der Waals surface area contributed by atoms with Gasteiger partial charge in [-0.3, -0.25) is 0 Å². The Morgan fingerprint density at radius 2 is 1.50 bits per heavy atom. The van der Waals surface area contributed by atoms with Gasteiger partial charge in [-0.15, -0.1) is 0 Å². The van der Waals surface area contributed by atoms with Crippen LogP contribution in [0.4, 0.5) is 0 Å². The van der Waals surface area contributed by atoms with Gasteiger partial charge in [0.1, 0.15) is 12.7 Å². The highest BCUT2D eigenvalue weighted by Crippen LogP contribution is 2.12. The van der Waals surface area contributed by atoms with Crippen molar-refractivity contribution in [3.8, 4) is 17.1 Å². The zero-order valence-corrected chi connectivity index (χ0v) is 10.1. The molecule has 0 N–H and O–H groups in total. The molecule has 2 aromatic carbocycles. The van der Waals surface area contributed by atoms with Crippen LogP contribution in [0.2, 0.25) is 0 Å². The van der Waals surface area contributed by atoms with Gasteiger partial charge in [-0.2, -0.15) is 0 Å². The molecule has 0 aliphatic heterocycles. The third-order valence-electron chi connectivity index (χ3n) is 2.72. The second kappa shape index (κ2) is 4.41. The van der Waals surface area contributed by atoms with Gasteiger partial charge in [0, 0.05) is 4.80 Å². The highest BCUT2D eigenvalue weighted by molar-refractivity contribution is 5.53. The lowest BCUT2D eigenvalue weighted by Crippen LogP contribution is -2.41. The summed E-state index contributed by atoms with van der Waals surface area (Å²) in [5, 5.41) is 8.94. The van der Waals surface area contributed by atoms with E-state index in [-0.39, 0.29) is 0 Å². The molecule has 0 fully saturated rings. The molecule has 88 valence electrons. The number of benzene rings is 2. The fourth-order valence-electron chi connectivity index (χ4n) is 1.84. The fourth-order valence-corrected chi connectivity index (χ4v) is 1.84. The van der Waals surface area contributed by atoms with Gasteiger partial charge in [0.25, 0.3) is 0 Å². The van der Waals surface area contributed by atoms with E-state index in [1.165, 1.54) is 0 Å². The lowest BCUT2D eigenvalue weighted by molar-refractivity contribution is -0.800. The van der Waals surface area contributed by atoms with Crippen LogP contribution in [0.15, 0.2) is 60.7 Å². The van der Waals surface area contributed by atoms with Gasteiger partial charge < -0.3 is 0 Å². The summed E-state index contributed by atoms with van der Waals surface area (Å²) in [5.74, 6) is 0.724. The Morgan fingerprint density at radius 3 is 2.17 bits per heavy atom. The first kappa shape index (κ1) is 10.7. The van der Waals surface area contributed by atoms with Crippen molar-refractivity contribution in [1.29, 1.82) is 0 Å². The monoisotopic (exact) mass is 237 g/mol. The first-order valence-corrected chi connectivity index (χ1v) is 5.79. The quantitative estimate of drug-likeness (QED) is 0.636. The van der Waals surface area contributed by atoms with Gasteiger partial charge in [-0.05, 0) is 29.4 Å². The van der Waals surface area contributed by atoms with E-state index in [4.69, 9.17) is 0 Å². The molecule has 3 aromatic rings. The summed E-state index contributed by atoms with van der Waals surface area (Å²) in [6.07, 6.45) is 0. The second-order valence-electron chi connectivity index (χ2n) is 4.00. The Kier molecular flexibility index (Phi) is 2.61. The van der Waals surface area contributed by atoms with Crippen LogP contribution in [0, 0.1) is 0 Å². The maximum atomic E-state index is 4.52. The Morgan fingerprint density at radius 1 is 0.889 bits per heavy atom. The van der Waals surface area contributed by atoms with Crippen molar-refractivity contribution < 1.29 is 4.80 Å². The predicted molar refractivity (Wildman–Crippen MR) is 68.0 cm³/mol. The maximum Gasteiger partial charge on any atom is 0.339 e. The molecule has 0 radical (unpaired) electrons. The third kappa shape index (κ3) is 1.88. The van der Waals surface area contributed by atoms with Crippen LogP contribution < -0.4 is 4.80 Å². The largest absolute Gasteiger partial charge is 0.339 e. The molecule has 3 rings (SSSR count). The average Bonchev–Trinajstić information content (AvgIpc) is 2.83. The molecule has 0 amide bonds. The zero-order valence-electron chi connectivity index (χ0n) is 10.1. The predicted octanol–water partition coefficient (Wildman–Crippen LogP) is 1.76. The van der Waals surface area contributed by atoms with E-state index in [9.17, 15) is 0 Å². The zero-order chi connectivity index (χ0) is 12.4. The topological polar surface area (TPSA) is 34.6 Å². The second-order valence-corrected chi connectivity index (χ2v) is 4.00. The van der Waals surface area contributed by atoms with Gasteiger partial charge in [-0.1, -0.05) is 41.2 Å². The molecule has 0 saturated carbocycles. The number of hydrogen-bond acceptors (Lipinski definition) is 2. The molecular formula is C14H13N4+. The minimum Gasteiger partial charge on any atom is -0.0622 e. The van der Waals surface area contributed by atoms with Crippen molar-refractivity contribution in [2.45, 2.75) is 0 Å². The van der Waals surface area contributed by atoms with E-state index >= 15 is 0 Å². The summed E-state index contributed by atoms with van der Waals surface area (Å²) in [7, 11) is 1.88. The van der Waals surface area contributed by atoms with Gasteiger partial charge in [0.15, 0.2) is 0 Å². The van der Waals surface area contributed by atoms with Gasteiger partial charge in [-0.25, -0.2) is 0 Å². The fraction of sp³-hybridized carbons (Fsp3) is 0.0714. The summed E-state index contributed by atoms with van der Waals surface area (Å²) >= 11 is 0.